The molecule has 0 fully saturated rings. The third-order valence-corrected chi connectivity index (χ3v) is 4.27. The average Bonchev–Trinajstić information content (AvgIpc) is 2.52. The number of carbonyl (C=O) groups is 2. The number of methoxy groups -OCH3 is 2. The lowest BCUT2D eigenvalue weighted by Crippen LogP contribution is -2.31. The second-order valence-corrected chi connectivity index (χ2v) is 5.93. The summed E-state index contributed by atoms with van der Waals surface area (Å²) < 4.78 is 36.1. The molecular formula is C13H19ClN2O6S. The van der Waals surface area contributed by atoms with Gasteiger partial charge in [-0.25, -0.2) is 22.7 Å². The molecule has 10 heteroatoms. The highest BCUT2D eigenvalue weighted by atomic mass is 35.5. The smallest absolute Gasteiger partial charge is 0.339 e. The van der Waals surface area contributed by atoms with Gasteiger partial charge in [0.25, 0.3) is 0 Å². The number of nitrogens with one attached hydrogen (secondary N) is 2. The first kappa shape index (κ1) is 21.3. The lowest BCUT2D eigenvalue weighted by Gasteiger charge is -2.11. The number of ether oxygens (including phenoxy) is 2. The zero-order valence-corrected chi connectivity index (χ0v) is 14.5. The molecule has 0 bridgehead atoms. The molecule has 0 spiro atoms. The van der Waals surface area contributed by atoms with Crippen LogP contribution in [0.5, 0.6) is 0 Å². The Kier molecular flexibility index (Phi) is 8.77. The molecule has 0 aliphatic heterocycles. The highest BCUT2D eigenvalue weighted by Gasteiger charge is 2.24. The summed E-state index contributed by atoms with van der Waals surface area (Å²) in [6.45, 7) is 0.533. The van der Waals surface area contributed by atoms with Crippen molar-refractivity contribution in [2.45, 2.75) is 4.90 Å². The Balaban J connectivity index is 0.00000484. The van der Waals surface area contributed by atoms with Gasteiger partial charge in [-0.15, -0.1) is 12.4 Å². The topological polar surface area (TPSA) is 111 Å². The average molecular weight is 367 g/mol. The van der Waals surface area contributed by atoms with Crippen molar-refractivity contribution in [1.29, 1.82) is 0 Å². The van der Waals surface area contributed by atoms with E-state index in [2.05, 4.69) is 19.5 Å². The molecule has 0 radical (unpaired) electrons. The van der Waals surface area contributed by atoms with Crippen LogP contribution in [0.25, 0.3) is 0 Å². The summed E-state index contributed by atoms with van der Waals surface area (Å²) >= 11 is 0. The zero-order chi connectivity index (χ0) is 16.8. The molecular weight excluding hydrogens is 348 g/mol. The van der Waals surface area contributed by atoms with Gasteiger partial charge in [0.2, 0.25) is 10.0 Å². The van der Waals surface area contributed by atoms with Crippen molar-refractivity contribution < 1.29 is 27.5 Å². The Bertz CT molecular complexity index is 662. The molecule has 0 atom stereocenters. The van der Waals surface area contributed by atoms with Crippen LogP contribution in [-0.2, 0) is 19.5 Å². The van der Waals surface area contributed by atoms with Gasteiger partial charge >= 0.3 is 11.9 Å². The molecule has 1 aromatic carbocycles. The minimum atomic E-state index is -3.98. The van der Waals surface area contributed by atoms with Crippen molar-refractivity contribution in [3.05, 3.63) is 29.3 Å². The van der Waals surface area contributed by atoms with E-state index in [0.717, 1.165) is 13.2 Å². The van der Waals surface area contributed by atoms with Crippen molar-refractivity contribution in [2.24, 2.45) is 0 Å². The van der Waals surface area contributed by atoms with Crippen LogP contribution in [0.3, 0.4) is 0 Å². The molecule has 130 valence electrons. The second-order valence-electron chi connectivity index (χ2n) is 4.20. The van der Waals surface area contributed by atoms with Gasteiger partial charge in [-0.2, -0.15) is 0 Å². The quantitative estimate of drug-likeness (QED) is 0.523. The van der Waals surface area contributed by atoms with Crippen molar-refractivity contribution in [1.82, 2.24) is 10.0 Å². The van der Waals surface area contributed by atoms with E-state index in [9.17, 15) is 18.0 Å². The fourth-order valence-electron chi connectivity index (χ4n) is 1.66. The summed E-state index contributed by atoms with van der Waals surface area (Å²) in [5.74, 6) is -1.52. The standard InChI is InChI=1S/C13H18N2O6S.ClH/c1-14-6-7-15-22(18,19)11-8-9(12(16)20-2)4-5-10(11)13(17)21-3;/h4-5,8,14-15H,6-7H2,1-3H3;1H. The van der Waals surface area contributed by atoms with E-state index in [4.69, 9.17) is 0 Å². The first-order valence-corrected chi connectivity index (χ1v) is 7.80. The maximum absolute atomic E-state index is 12.3. The summed E-state index contributed by atoms with van der Waals surface area (Å²) in [5.41, 5.74) is -0.142. The Morgan fingerprint density at radius 1 is 1.09 bits per heavy atom. The minimum Gasteiger partial charge on any atom is -0.465 e. The largest absolute Gasteiger partial charge is 0.465 e. The highest BCUT2D eigenvalue weighted by Crippen LogP contribution is 2.19. The van der Waals surface area contributed by atoms with Gasteiger partial charge in [0.1, 0.15) is 0 Å². The van der Waals surface area contributed by atoms with Crippen LogP contribution in [0.4, 0.5) is 0 Å². The van der Waals surface area contributed by atoms with Gasteiger partial charge in [-0.3, -0.25) is 0 Å². The van der Waals surface area contributed by atoms with E-state index in [0.29, 0.717) is 6.54 Å². The Morgan fingerprint density at radius 3 is 2.22 bits per heavy atom. The molecule has 23 heavy (non-hydrogen) atoms. The lowest BCUT2D eigenvalue weighted by molar-refractivity contribution is 0.0583. The van der Waals surface area contributed by atoms with Crippen LogP contribution >= 0.6 is 12.4 Å². The number of carbonyl (C=O) groups excluding carboxylic acids is 2. The van der Waals surface area contributed by atoms with Crippen molar-refractivity contribution in [3.63, 3.8) is 0 Å². The maximum Gasteiger partial charge on any atom is 0.339 e. The van der Waals surface area contributed by atoms with E-state index >= 15 is 0 Å². The molecule has 2 N–H and O–H groups in total. The van der Waals surface area contributed by atoms with Crippen LogP contribution < -0.4 is 10.0 Å². The van der Waals surface area contributed by atoms with E-state index in [1.807, 2.05) is 0 Å². The normalized spacial score (nSPS) is 10.6. The van der Waals surface area contributed by atoms with Gasteiger partial charge in [-0.05, 0) is 25.2 Å². The monoisotopic (exact) mass is 366 g/mol. The predicted octanol–water partition coefficient (Wildman–Crippen LogP) is 0.179. The number of benzene rings is 1. The first-order chi connectivity index (χ1) is 10.4. The first-order valence-electron chi connectivity index (χ1n) is 6.32. The molecule has 0 aromatic heterocycles. The van der Waals surface area contributed by atoms with Crippen molar-refractivity contribution in [2.75, 3.05) is 34.4 Å². The number of halogens is 1. The SMILES string of the molecule is CNCCNS(=O)(=O)c1cc(C(=O)OC)ccc1C(=O)OC.Cl. The number of esters is 2. The van der Waals surface area contributed by atoms with Crippen LogP contribution in [0.2, 0.25) is 0 Å². The zero-order valence-electron chi connectivity index (χ0n) is 12.9. The molecule has 8 nitrogen and oxygen atoms in total. The predicted molar refractivity (Wildman–Crippen MR) is 85.5 cm³/mol. The van der Waals surface area contributed by atoms with Crippen LogP contribution in [0.15, 0.2) is 23.1 Å². The van der Waals surface area contributed by atoms with Gasteiger partial charge < -0.3 is 14.8 Å². The molecule has 0 saturated heterocycles. The van der Waals surface area contributed by atoms with Crippen LogP contribution in [0, 0.1) is 0 Å². The van der Waals surface area contributed by atoms with Crippen LogP contribution in [-0.4, -0.2) is 54.7 Å². The second kappa shape index (κ2) is 9.46. The van der Waals surface area contributed by atoms with E-state index in [1.165, 1.54) is 19.2 Å². The molecule has 0 heterocycles. The highest BCUT2D eigenvalue weighted by molar-refractivity contribution is 7.89. The maximum atomic E-state index is 12.3. The molecule has 1 rings (SSSR count). The van der Waals surface area contributed by atoms with Crippen molar-refractivity contribution >= 4 is 34.4 Å². The number of sulfonamides is 1. The fraction of sp³-hybridized carbons (Fsp3) is 0.385. The molecule has 0 amide bonds. The summed E-state index contributed by atoms with van der Waals surface area (Å²) in [5, 5.41) is 2.79. The molecule has 0 aliphatic carbocycles. The molecule has 1 aromatic rings. The Hall–Kier alpha value is -1.68. The summed E-state index contributed by atoms with van der Waals surface area (Å²) in [4.78, 5) is 22.9. The molecule has 0 unspecified atom stereocenters. The van der Waals surface area contributed by atoms with Gasteiger partial charge in [0.05, 0.1) is 30.2 Å². The summed E-state index contributed by atoms with van der Waals surface area (Å²) in [6, 6.07) is 3.59. The number of likely N-dealkylation sites (N-methyl/N-ethyl adjacent to an activating group) is 1. The van der Waals surface area contributed by atoms with Gasteiger partial charge in [0, 0.05) is 13.1 Å². The van der Waals surface area contributed by atoms with E-state index in [1.54, 1.807) is 7.05 Å². The summed E-state index contributed by atoms with van der Waals surface area (Å²) in [6.07, 6.45) is 0. The van der Waals surface area contributed by atoms with E-state index < -0.39 is 22.0 Å². The molecule has 0 aliphatic rings. The summed E-state index contributed by atoms with van der Waals surface area (Å²) in [7, 11) is 0.00828. The third kappa shape index (κ3) is 5.47. The third-order valence-electron chi connectivity index (χ3n) is 2.76. The van der Waals surface area contributed by atoms with Gasteiger partial charge in [-0.1, -0.05) is 0 Å². The Morgan fingerprint density at radius 2 is 1.70 bits per heavy atom. The number of hydrogen-bond acceptors (Lipinski definition) is 7. The molecule has 0 saturated carbocycles. The van der Waals surface area contributed by atoms with E-state index in [-0.39, 0.29) is 35.0 Å². The Labute approximate surface area is 141 Å². The van der Waals surface area contributed by atoms with Crippen LogP contribution in [0.1, 0.15) is 20.7 Å². The number of rotatable bonds is 7. The fourth-order valence-corrected chi connectivity index (χ4v) is 2.91. The number of hydrogen-bond donors (Lipinski definition) is 2. The minimum absolute atomic E-state index is 0. The lowest BCUT2D eigenvalue weighted by atomic mass is 10.1. The van der Waals surface area contributed by atoms with Crippen molar-refractivity contribution in [3.8, 4) is 0 Å². The van der Waals surface area contributed by atoms with Gasteiger partial charge in [0.15, 0.2) is 0 Å².